The van der Waals surface area contributed by atoms with Crippen LogP contribution in [0.4, 0.5) is 0 Å². The van der Waals surface area contributed by atoms with E-state index in [-0.39, 0.29) is 11.9 Å². The van der Waals surface area contributed by atoms with E-state index < -0.39 is 0 Å². The maximum atomic E-state index is 11.9. The minimum Gasteiger partial charge on any atom is -0.497 e. The number of benzene rings is 2. The van der Waals surface area contributed by atoms with E-state index in [2.05, 4.69) is 5.10 Å². The average Bonchev–Trinajstić information content (AvgIpc) is 3.01. The molecule has 0 aromatic heterocycles. The molecule has 0 spiro atoms. The molecule has 0 fully saturated rings. The lowest BCUT2D eigenvalue weighted by atomic mass is 9.98. The molecule has 3 rings (SSSR count). The predicted octanol–water partition coefficient (Wildman–Crippen LogP) is 3.39. The van der Waals surface area contributed by atoms with E-state index in [1.165, 1.54) is 0 Å². The van der Waals surface area contributed by atoms with E-state index in [4.69, 9.17) is 4.74 Å². The van der Waals surface area contributed by atoms with Gasteiger partial charge in [0.2, 0.25) is 5.91 Å². The molecule has 0 radical (unpaired) electrons. The van der Waals surface area contributed by atoms with Crippen molar-refractivity contribution < 1.29 is 9.53 Å². The topological polar surface area (TPSA) is 41.9 Å². The minimum absolute atomic E-state index is 0.0567. The summed E-state index contributed by atoms with van der Waals surface area (Å²) in [6.07, 6.45) is 0.705. The second kappa shape index (κ2) is 6.02. The Hall–Kier alpha value is -2.62. The van der Waals surface area contributed by atoms with Gasteiger partial charge in [-0.2, -0.15) is 5.10 Å². The van der Waals surface area contributed by atoms with Crippen molar-refractivity contribution in [3.05, 3.63) is 65.7 Å². The van der Waals surface area contributed by atoms with Gasteiger partial charge in [-0.3, -0.25) is 4.79 Å². The second-order valence-electron chi connectivity index (χ2n) is 5.27. The Balaban J connectivity index is 1.94. The van der Waals surface area contributed by atoms with Crippen molar-refractivity contribution in [1.82, 2.24) is 5.01 Å². The zero-order valence-electron chi connectivity index (χ0n) is 12.7. The lowest BCUT2D eigenvalue weighted by Gasteiger charge is -2.20. The molecule has 0 saturated carbocycles. The Morgan fingerprint density at radius 3 is 2.64 bits per heavy atom. The third kappa shape index (κ3) is 2.72. The van der Waals surface area contributed by atoms with Crippen molar-refractivity contribution in [3.63, 3.8) is 0 Å². The summed E-state index contributed by atoms with van der Waals surface area (Å²) < 4.78 is 5.28. The molecule has 0 aliphatic carbocycles. The van der Waals surface area contributed by atoms with Gasteiger partial charge >= 0.3 is 0 Å². The van der Waals surface area contributed by atoms with Gasteiger partial charge in [0.1, 0.15) is 5.75 Å². The van der Waals surface area contributed by atoms with Crippen LogP contribution in [0.25, 0.3) is 0 Å². The summed E-state index contributed by atoms with van der Waals surface area (Å²) in [4.78, 5) is 11.9. The third-order valence-electron chi connectivity index (χ3n) is 3.82. The van der Waals surface area contributed by atoms with Crippen LogP contribution >= 0.6 is 0 Å². The molecule has 112 valence electrons. The Labute approximate surface area is 130 Å². The van der Waals surface area contributed by atoms with Crippen molar-refractivity contribution in [3.8, 4) is 5.75 Å². The molecular formula is C18H18N2O2. The molecular weight excluding hydrogens is 276 g/mol. The summed E-state index contributed by atoms with van der Waals surface area (Å²) in [6, 6.07) is 17.7. The number of hydrogen-bond acceptors (Lipinski definition) is 3. The van der Waals surface area contributed by atoms with Crippen LogP contribution in [0.15, 0.2) is 59.7 Å². The number of rotatable bonds is 3. The highest BCUT2D eigenvalue weighted by Gasteiger charge is 2.31. The monoisotopic (exact) mass is 294 g/mol. The molecule has 1 amide bonds. The number of ether oxygens (including phenoxy) is 1. The number of nitrogens with zero attached hydrogens (tertiary/aromatic N) is 2. The van der Waals surface area contributed by atoms with Gasteiger partial charge in [-0.05, 0) is 23.3 Å². The summed E-state index contributed by atoms with van der Waals surface area (Å²) in [5.74, 6) is 0.730. The van der Waals surface area contributed by atoms with Gasteiger partial charge < -0.3 is 4.74 Å². The Bertz CT molecular complexity index is 710. The largest absolute Gasteiger partial charge is 0.497 e. The van der Waals surface area contributed by atoms with Crippen LogP contribution in [-0.2, 0) is 4.79 Å². The molecule has 0 N–H and O–H groups in total. The first-order chi connectivity index (χ1) is 10.7. The van der Waals surface area contributed by atoms with Gasteiger partial charge in [-0.15, -0.1) is 0 Å². The minimum atomic E-state index is -0.0807. The van der Waals surface area contributed by atoms with Crippen LogP contribution in [0, 0.1) is 0 Å². The molecule has 0 saturated heterocycles. The molecule has 0 unspecified atom stereocenters. The molecule has 4 heteroatoms. The molecule has 2 aromatic rings. The van der Waals surface area contributed by atoms with Gasteiger partial charge in [0.05, 0.1) is 18.9 Å². The predicted molar refractivity (Wildman–Crippen MR) is 85.9 cm³/mol. The van der Waals surface area contributed by atoms with Crippen LogP contribution in [-0.4, -0.2) is 23.7 Å². The van der Waals surface area contributed by atoms with Gasteiger partial charge in [0.25, 0.3) is 0 Å². The number of hydrazone groups is 1. The van der Waals surface area contributed by atoms with Gasteiger partial charge in [0.15, 0.2) is 0 Å². The molecule has 4 nitrogen and oxygen atoms in total. The fourth-order valence-electron chi connectivity index (χ4n) is 2.71. The van der Waals surface area contributed by atoms with Crippen LogP contribution in [0.1, 0.15) is 30.5 Å². The van der Waals surface area contributed by atoms with Crippen molar-refractivity contribution in [2.75, 3.05) is 7.11 Å². The Kier molecular flexibility index (Phi) is 3.92. The summed E-state index contributed by atoms with van der Waals surface area (Å²) in [5.41, 5.74) is 3.02. The fourth-order valence-corrected chi connectivity index (χ4v) is 2.71. The van der Waals surface area contributed by atoms with Crippen molar-refractivity contribution in [2.45, 2.75) is 19.4 Å². The number of hydrogen-bond donors (Lipinski definition) is 0. The highest BCUT2D eigenvalue weighted by molar-refractivity contribution is 6.03. The van der Waals surface area contributed by atoms with E-state index in [1.807, 2.05) is 54.6 Å². The van der Waals surface area contributed by atoms with Gasteiger partial charge in [0, 0.05) is 13.3 Å². The summed E-state index contributed by atoms with van der Waals surface area (Å²) in [5, 5.41) is 6.10. The normalized spacial score (nSPS) is 17.3. The zero-order valence-corrected chi connectivity index (χ0v) is 12.7. The van der Waals surface area contributed by atoms with E-state index in [9.17, 15) is 4.79 Å². The average molecular weight is 294 g/mol. The highest BCUT2D eigenvalue weighted by Crippen LogP contribution is 2.34. The highest BCUT2D eigenvalue weighted by atomic mass is 16.5. The quantitative estimate of drug-likeness (QED) is 0.870. The molecule has 2 aromatic carbocycles. The maximum absolute atomic E-state index is 11.9. The SMILES string of the molecule is COc1cccc([C@@H]2CC(c3ccccc3)=NN2C(C)=O)c1. The first-order valence-corrected chi connectivity index (χ1v) is 7.25. The van der Waals surface area contributed by atoms with Crippen molar-refractivity contribution in [1.29, 1.82) is 0 Å². The summed E-state index contributed by atoms with van der Waals surface area (Å²) in [7, 11) is 1.64. The van der Waals surface area contributed by atoms with E-state index in [1.54, 1.807) is 19.0 Å². The van der Waals surface area contributed by atoms with Crippen LogP contribution in [0.3, 0.4) is 0 Å². The molecule has 1 aliphatic rings. The lowest BCUT2D eigenvalue weighted by molar-refractivity contribution is -0.130. The number of amides is 1. The second-order valence-corrected chi connectivity index (χ2v) is 5.27. The molecule has 1 heterocycles. The van der Waals surface area contributed by atoms with Crippen LogP contribution < -0.4 is 4.74 Å². The van der Waals surface area contributed by atoms with Crippen LogP contribution in [0.2, 0.25) is 0 Å². The number of carbonyl (C=O) groups is 1. The molecule has 22 heavy (non-hydrogen) atoms. The summed E-state index contributed by atoms with van der Waals surface area (Å²) >= 11 is 0. The van der Waals surface area contributed by atoms with Gasteiger partial charge in [-0.1, -0.05) is 42.5 Å². The Morgan fingerprint density at radius 1 is 1.18 bits per heavy atom. The fraction of sp³-hybridized carbons (Fsp3) is 0.222. The number of carbonyl (C=O) groups excluding carboxylic acids is 1. The standard InChI is InChI=1S/C18H18N2O2/c1-13(21)20-18(15-9-6-10-16(11-15)22-2)12-17(19-20)14-7-4-3-5-8-14/h3-11,18H,12H2,1-2H3/t18-/m0/s1. The Morgan fingerprint density at radius 2 is 1.95 bits per heavy atom. The van der Waals surface area contributed by atoms with E-state index in [0.717, 1.165) is 22.6 Å². The zero-order chi connectivity index (χ0) is 15.5. The smallest absolute Gasteiger partial charge is 0.240 e. The molecule has 1 aliphatic heterocycles. The first kappa shape index (κ1) is 14.3. The van der Waals surface area contributed by atoms with Crippen LogP contribution in [0.5, 0.6) is 5.75 Å². The molecule has 0 bridgehead atoms. The van der Waals surface area contributed by atoms with E-state index >= 15 is 0 Å². The number of methoxy groups -OCH3 is 1. The lowest BCUT2D eigenvalue weighted by Crippen LogP contribution is -2.24. The van der Waals surface area contributed by atoms with Crippen molar-refractivity contribution in [2.24, 2.45) is 5.10 Å². The maximum Gasteiger partial charge on any atom is 0.240 e. The van der Waals surface area contributed by atoms with Gasteiger partial charge in [-0.25, -0.2) is 5.01 Å². The summed E-state index contributed by atoms with van der Waals surface area (Å²) in [6.45, 7) is 1.55. The molecule has 1 atom stereocenters. The first-order valence-electron chi connectivity index (χ1n) is 7.25. The van der Waals surface area contributed by atoms with Crippen molar-refractivity contribution >= 4 is 11.6 Å². The van der Waals surface area contributed by atoms with E-state index in [0.29, 0.717) is 6.42 Å². The third-order valence-corrected chi connectivity index (χ3v) is 3.82.